The van der Waals surface area contributed by atoms with Crippen LogP contribution < -0.4 is 6.15 Å². The number of benzene rings is 1. The molecule has 0 atom stereocenters. The molecule has 1 aliphatic heterocycles. The van der Waals surface area contributed by atoms with Crippen molar-refractivity contribution < 1.29 is 23.7 Å². The molecule has 29 heavy (non-hydrogen) atoms. The van der Waals surface area contributed by atoms with Crippen LogP contribution >= 0.6 is 7.82 Å². The lowest BCUT2D eigenvalue weighted by Crippen LogP contribution is -2.54. The van der Waals surface area contributed by atoms with Crippen molar-refractivity contribution in [1.29, 1.82) is 0 Å². The van der Waals surface area contributed by atoms with Gasteiger partial charge in [-0.25, -0.2) is 4.57 Å². The molecule has 1 aromatic rings. The number of hydrogen-bond acceptors (Lipinski definition) is 4. The smallest absolute Gasteiger partial charge is 0.344 e. The molecule has 7 nitrogen and oxygen atoms in total. The van der Waals surface area contributed by atoms with Crippen molar-refractivity contribution in [3.63, 3.8) is 0 Å². The average Bonchev–Trinajstić information content (AvgIpc) is 2.60. The molecule has 0 radical (unpaired) electrons. The van der Waals surface area contributed by atoms with E-state index in [9.17, 15) is 9.36 Å². The van der Waals surface area contributed by atoms with E-state index in [1.54, 1.807) is 4.90 Å². The molecule has 166 valence electrons. The van der Waals surface area contributed by atoms with Crippen LogP contribution in [0.25, 0.3) is 0 Å². The standard InChI is InChI=1S/C21H34NO5P.H3N/c1-2-9-18-12-14-19(15-13-18)10-7-5-3-4-6-8-11-21(23)22-16-20(17-22)27-28(24,25)26;/h12-15,20H,2-11,16-17H2,1H3,(H2,24,25,26);1H3. The average molecular weight is 429 g/mol. The molecule has 0 aliphatic carbocycles. The number of nitrogens with zero attached hydrogens (tertiary/aromatic N) is 1. The number of carbonyl (C=O) groups is 1. The van der Waals surface area contributed by atoms with Gasteiger partial charge in [-0.05, 0) is 36.8 Å². The van der Waals surface area contributed by atoms with E-state index in [0.717, 1.165) is 32.1 Å². The monoisotopic (exact) mass is 428 g/mol. The highest BCUT2D eigenvalue weighted by Crippen LogP contribution is 2.39. The number of aryl methyl sites for hydroxylation is 2. The van der Waals surface area contributed by atoms with Crippen LogP contribution in [0.3, 0.4) is 0 Å². The Kier molecular flexibility index (Phi) is 11.7. The van der Waals surface area contributed by atoms with Gasteiger partial charge < -0.3 is 20.8 Å². The van der Waals surface area contributed by atoms with Crippen LogP contribution in [0.15, 0.2) is 24.3 Å². The molecule has 1 heterocycles. The Balaban J connectivity index is 0.00000420. The maximum Gasteiger partial charge on any atom is 0.469 e. The minimum atomic E-state index is -4.45. The van der Waals surface area contributed by atoms with Crippen LogP contribution in [0.5, 0.6) is 0 Å². The third kappa shape index (κ3) is 10.4. The van der Waals surface area contributed by atoms with Gasteiger partial charge in [-0.3, -0.25) is 9.32 Å². The summed E-state index contributed by atoms with van der Waals surface area (Å²) in [6, 6.07) is 8.99. The summed E-state index contributed by atoms with van der Waals surface area (Å²) in [6.45, 7) is 2.77. The first-order valence-corrected chi connectivity index (χ1v) is 12.0. The fourth-order valence-corrected chi connectivity index (χ4v) is 4.06. The predicted molar refractivity (Wildman–Crippen MR) is 115 cm³/mol. The summed E-state index contributed by atoms with van der Waals surface area (Å²) in [5.74, 6) is 0.0529. The van der Waals surface area contributed by atoms with Gasteiger partial charge >= 0.3 is 7.82 Å². The zero-order valence-corrected chi connectivity index (χ0v) is 18.5. The molecule has 2 rings (SSSR count). The van der Waals surface area contributed by atoms with Gasteiger partial charge in [0.2, 0.25) is 5.91 Å². The Labute approximate surface area is 174 Å². The molecule has 5 N–H and O–H groups in total. The van der Waals surface area contributed by atoms with Gasteiger partial charge in [-0.15, -0.1) is 0 Å². The molecule has 1 aromatic carbocycles. The largest absolute Gasteiger partial charge is 0.469 e. The molecule has 1 saturated heterocycles. The topological polar surface area (TPSA) is 122 Å². The van der Waals surface area contributed by atoms with Crippen molar-refractivity contribution in [2.45, 2.75) is 77.2 Å². The first-order valence-electron chi connectivity index (χ1n) is 10.5. The van der Waals surface area contributed by atoms with Crippen LogP contribution in [-0.4, -0.2) is 39.8 Å². The number of hydrogen-bond donors (Lipinski definition) is 3. The van der Waals surface area contributed by atoms with Crippen LogP contribution in [0.1, 0.15) is 69.4 Å². The van der Waals surface area contributed by atoms with Crippen LogP contribution in [0, 0.1) is 0 Å². The van der Waals surface area contributed by atoms with Crippen molar-refractivity contribution in [1.82, 2.24) is 11.1 Å². The fraction of sp³-hybridized carbons (Fsp3) is 0.667. The summed E-state index contributed by atoms with van der Waals surface area (Å²) < 4.78 is 15.3. The highest BCUT2D eigenvalue weighted by Gasteiger charge is 2.35. The van der Waals surface area contributed by atoms with Gasteiger partial charge in [0.15, 0.2) is 0 Å². The Hall–Kier alpha value is -1.24. The predicted octanol–water partition coefficient (Wildman–Crippen LogP) is 4.39. The molecule has 1 amide bonds. The SMILES string of the molecule is CCCc1ccc(CCCCCCCCC(=O)N2CC(OP(=O)(O)O)C2)cc1.N. The second kappa shape index (κ2) is 13.1. The number of rotatable bonds is 13. The van der Waals surface area contributed by atoms with Crippen LogP contribution in [0.2, 0.25) is 0 Å². The highest BCUT2D eigenvalue weighted by molar-refractivity contribution is 7.46. The summed E-state index contributed by atoms with van der Waals surface area (Å²) in [5.41, 5.74) is 2.84. The minimum absolute atomic E-state index is 0. The molecule has 0 aromatic heterocycles. The molecule has 0 saturated carbocycles. The maximum absolute atomic E-state index is 12.0. The van der Waals surface area contributed by atoms with E-state index in [-0.39, 0.29) is 25.1 Å². The summed E-state index contributed by atoms with van der Waals surface area (Å²) >= 11 is 0. The van der Waals surface area contributed by atoms with Gasteiger partial charge in [-0.1, -0.05) is 63.3 Å². The number of phosphoric acid groups is 1. The summed E-state index contributed by atoms with van der Waals surface area (Å²) in [7, 11) is -4.45. The molecule has 0 unspecified atom stereocenters. The highest BCUT2D eigenvalue weighted by atomic mass is 31.2. The maximum atomic E-state index is 12.0. The van der Waals surface area contributed by atoms with Crippen LogP contribution in [0.4, 0.5) is 0 Å². The van der Waals surface area contributed by atoms with Gasteiger partial charge in [0, 0.05) is 19.5 Å². The van der Waals surface area contributed by atoms with Crippen molar-refractivity contribution >= 4 is 13.7 Å². The number of carbonyl (C=O) groups excluding carboxylic acids is 1. The Morgan fingerprint density at radius 1 is 1.00 bits per heavy atom. The second-order valence-electron chi connectivity index (χ2n) is 7.70. The fourth-order valence-electron chi connectivity index (χ4n) is 3.53. The van der Waals surface area contributed by atoms with Crippen molar-refractivity contribution in [3.05, 3.63) is 35.4 Å². The van der Waals surface area contributed by atoms with E-state index >= 15 is 0 Å². The molecule has 8 heteroatoms. The van der Waals surface area contributed by atoms with E-state index in [1.807, 2.05) is 0 Å². The quantitative estimate of drug-likeness (QED) is 0.316. The number of phosphoric ester groups is 1. The molecule has 1 aliphatic rings. The van der Waals surface area contributed by atoms with Crippen LogP contribution in [-0.2, 0) is 26.7 Å². The number of amides is 1. The lowest BCUT2D eigenvalue weighted by atomic mass is 10.0. The third-order valence-corrected chi connectivity index (χ3v) is 5.73. The van der Waals surface area contributed by atoms with E-state index in [1.165, 1.54) is 36.8 Å². The lowest BCUT2D eigenvalue weighted by Gasteiger charge is -2.38. The minimum Gasteiger partial charge on any atom is -0.344 e. The first-order chi connectivity index (χ1) is 13.4. The Bertz CT molecular complexity index is 641. The second-order valence-corrected chi connectivity index (χ2v) is 8.90. The molecule has 0 bridgehead atoms. The van der Waals surface area contributed by atoms with E-state index in [4.69, 9.17) is 9.79 Å². The normalized spacial score (nSPS) is 14.4. The zero-order valence-electron chi connectivity index (χ0n) is 17.6. The van der Waals surface area contributed by atoms with E-state index in [2.05, 4.69) is 35.7 Å². The van der Waals surface area contributed by atoms with E-state index in [0.29, 0.717) is 6.42 Å². The Morgan fingerprint density at radius 3 is 2.07 bits per heavy atom. The number of likely N-dealkylation sites (tertiary alicyclic amines) is 1. The Morgan fingerprint density at radius 2 is 1.52 bits per heavy atom. The summed E-state index contributed by atoms with van der Waals surface area (Å²) in [4.78, 5) is 31.0. The first kappa shape index (κ1) is 25.8. The summed E-state index contributed by atoms with van der Waals surface area (Å²) in [6.07, 6.45) is 10.1. The van der Waals surface area contributed by atoms with E-state index < -0.39 is 13.9 Å². The van der Waals surface area contributed by atoms with Gasteiger partial charge in [-0.2, -0.15) is 0 Å². The molecule has 0 spiro atoms. The molecule has 1 fully saturated rings. The lowest BCUT2D eigenvalue weighted by molar-refractivity contribution is -0.140. The van der Waals surface area contributed by atoms with Crippen molar-refractivity contribution in [2.75, 3.05) is 13.1 Å². The summed E-state index contributed by atoms with van der Waals surface area (Å²) in [5, 5.41) is 0. The van der Waals surface area contributed by atoms with Gasteiger partial charge in [0.1, 0.15) is 6.10 Å². The number of unbranched alkanes of at least 4 members (excludes halogenated alkanes) is 5. The molecular formula is C21H37N2O5P. The molecular weight excluding hydrogens is 391 g/mol. The third-order valence-electron chi connectivity index (χ3n) is 5.15. The zero-order chi connectivity index (χ0) is 20.4. The van der Waals surface area contributed by atoms with Crippen molar-refractivity contribution in [2.24, 2.45) is 0 Å². The van der Waals surface area contributed by atoms with Crippen molar-refractivity contribution in [3.8, 4) is 0 Å². The van der Waals surface area contributed by atoms with Gasteiger partial charge in [0.05, 0.1) is 0 Å². The van der Waals surface area contributed by atoms with Gasteiger partial charge in [0.25, 0.3) is 0 Å².